The Morgan fingerprint density at radius 3 is 2.54 bits per heavy atom. The maximum Gasteiger partial charge on any atom is 0.183 e. The van der Waals surface area contributed by atoms with Crippen LogP contribution in [0.3, 0.4) is 0 Å². The van der Waals surface area contributed by atoms with E-state index in [1.807, 2.05) is 56.3 Å². The summed E-state index contributed by atoms with van der Waals surface area (Å²) in [6.07, 6.45) is 1.48. The van der Waals surface area contributed by atoms with Gasteiger partial charge in [-0.05, 0) is 49.1 Å². The normalized spacial score (nSPS) is 15.5. The van der Waals surface area contributed by atoms with Crippen molar-refractivity contribution in [1.82, 2.24) is 9.46 Å². The molecule has 0 aliphatic carbocycles. The molecule has 138 valence electrons. The molecule has 1 aliphatic heterocycles. The Bertz CT molecular complexity index is 814. The van der Waals surface area contributed by atoms with Gasteiger partial charge in [0.15, 0.2) is 11.4 Å². The van der Waals surface area contributed by atoms with Gasteiger partial charge in [-0.1, -0.05) is 43.3 Å². The highest BCUT2D eigenvalue weighted by atomic mass is 32.2. The lowest BCUT2D eigenvalue weighted by molar-refractivity contribution is 0.116. The van der Waals surface area contributed by atoms with Gasteiger partial charge in [-0.3, -0.25) is 0 Å². The summed E-state index contributed by atoms with van der Waals surface area (Å²) in [4.78, 5) is 1.05. The monoisotopic (exact) mass is 371 g/mol. The number of benzene rings is 2. The minimum atomic E-state index is -0.162. The fourth-order valence-electron chi connectivity index (χ4n) is 2.83. The largest absolute Gasteiger partial charge is 0.393 e. The minimum absolute atomic E-state index is 0.162. The number of fused-ring (bicyclic) bond motifs is 1. The molecule has 1 aromatic heterocycles. The van der Waals surface area contributed by atoms with Crippen LogP contribution >= 0.6 is 11.9 Å². The van der Waals surface area contributed by atoms with Gasteiger partial charge in [0, 0.05) is 18.8 Å². The Hall–Kier alpha value is -2.02. The van der Waals surface area contributed by atoms with Crippen LogP contribution in [0.15, 0.2) is 57.9 Å². The molecule has 0 saturated carbocycles. The lowest BCUT2D eigenvalue weighted by atomic mass is 10.1. The number of aliphatic hydroxyl groups is 1. The van der Waals surface area contributed by atoms with E-state index in [1.165, 1.54) is 0 Å². The average molecular weight is 372 g/mol. The molecule has 2 heterocycles. The summed E-state index contributed by atoms with van der Waals surface area (Å²) in [6.45, 7) is 5.76. The van der Waals surface area contributed by atoms with Crippen LogP contribution in [-0.2, 0) is 0 Å². The lowest BCUT2D eigenvalue weighted by Gasteiger charge is -2.28. The quantitative estimate of drug-likeness (QED) is 0.625. The number of hydrogen-bond acceptors (Lipinski definition) is 6. The van der Waals surface area contributed by atoms with E-state index in [2.05, 4.69) is 20.8 Å². The molecule has 2 aromatic carbocycles. The Labute approximate surface area is 158 Å². The van der Waals surface area contributed by atoms with Crippen molar-refractivity contribution in [3.63, 3.8) is 0 Å². The topological polar surface area (TPSA) is 61.5 Å². The van der Waals surface area contributed by atoms with E-state index >= 15 is 0 Å². The Morgan fingerprint density at radius 2 is 1.81 bits per heavy atom. The molecule has 0 radical (unpaired) electrons. The zero-order valence-electron chi connectivity index (χ0n) is 15.2. The van der Waals surface area contributed by atoms with Crippen LogP contribution in [0.4, 0.5) is 11.5 Å². The average Bonchev–Trinajstić information content (AvgIpc) is 3.10. The van der Waals surface area contributed by atoms with E-state index in [-0.39, 0.29) is 6.10 Å². The third-order valence-electron chi connectivity index (χ3n) is 4.15. The Morgan fingerprint density at radius 1 is 1.08 bits per heavy atom. The van der Waals surface area contributed by atoms with Crippen LogP contribution in [0.5, 0.6) is 0 Å². The van der Waals surface area contributed by atoms with Crippen LogP contribution in [-0.4, -0.2) is 33.8 Å². The van der Waals surface area contributed by atoms with Gasteiger partial charge in [0.05, 0.1) is 16.4 Å². The molecular formula is C20H25N3O2S. The first kappa shape index (κ1) is 18.8. The van der Waals surface area contributed by atoms with Crippen molar-refractivity contribution in [3.05, 3.63) is 48.5 Å². The summed E-state index contributed by atoms with van der Waals surface area (Å²) in [5.74, 6) is 0.729. The first-order chi connectivity index (χ1) is 12.8. The smallest absolute Gasteiger partial charge is 0.183 e. The maximum absolute atomic E-state index is 9.64. The molecule has 3 aromatic rings. The number of aliphatic hydroxyl groups excluding tert-OH is 1. The van der Waals surface area contributed by atoms with Crippen molar-refractivity contribution in [2.75, 3.05) is 18.4 Å². The molecule has 0 spiro atoms. The zero-order valence-corrected chi connectivity index (χ0v) is 16.0. The van der Waals surface area contributed by atoms with Gasteiger partial charge in [0.2, 0.25) is 0 Å². The van der Waals surface area contributed by atoms with E-state index in [9.17, 15) is 5.11 Å². The number of piperidine rings is 1. The zero-order chi connectivity index (χ0) is 18.4. The van der Waals surface area contributed by atoms with Crippen LogP contribution in [0.2, 0.25) is 0 Å². The van der Waals surface area contributed by atoms with Gasteiger partial charge < -0.3 is 14.9 Å². The summed E-state index contributed by atoms with van der Waals surface area (Å²) >= 11 is 1.68. The molecule has 1 aliphatic rings. The highest BCUT2D eigenvalue weighted by molar-refractivity contribution is 7.97. The fraction of sp³-hybridized carbons (Fsp3) is 0.350. The number of para-hydroxylation sites is 2. The number of rotatable bonds is 4. The molecule has 4 rings (SSSR count). The Balaban J connectivity index is 0.000000948. The molecule has 0 unspecified atom stereocenters. The first-order valence-electron chi connectivity index (χ1n) is 9.11. The molecule has 0 atom stereocenters. The number of nitrogens with zero attached hydrogens (tertiary/aromatic N) is 2. The van der Waals surface area contributed by atoms with Gasteiger partial charge in [-0.25, -0.2) is 4.31 Å². The van der Waals surface area contributed by atoms with Crippen LogP contribution in [0.1, 0.15) is 26.7 Å². The lowest BCUT2D eigenvalue weighted by Crippen LogP contribution is -2.30. The highest BCUT2D eigenvalue weighted by Crippen LogP contribution is 2.35. The van der Waals surface area contributed by atoms with Gasteiger partial charge in [0.1, 0.15) is 0 Å². The van der Waals surface area contributed by atoms with Crippen molar-refractivity contribution >= 4 is 34.4 Å². The van der Waals surface area contributed by atoms with E-state index in [4.69, 9.17) is 4.52 Å². The molecule has 0 amide bonds. The molecule has 2 N–H and O–H groups in total. The molecule has 1 fully saturated rings. The molecule has 0 bridgehead atoms. The third kappa shape index (κ3) is 4.38. The van der Waals surface area contributed by atoms with Crippen LogP contribution in [0, 0.1) is 0 Å². The molecule has 1 saturated heterocycles. The highest BCUT2D eigenvalue weighted by Gasteiger charge is 2.20. The number of nitrogens with one attached hydrogen (secondary N) is 1. The summed E-state index contributed by atoms with van der Waals surface area (Å²) < 4.78 is 7.88. The maximum atomic E-state index is 9.64. The third-order valence-corrected chi connectivity index (χ3v) is 5.29. The van der Waals surface area contributed by atoms with Crippen molar-refractivity contribution < 1.29 is 9.63 Å². The standard InChI is InChI=1S/C18H19N3O2S.C2H6/c22-14-9-11-21(12-10-14)24-16-8-4-7-15-17(16)23-20-18(15)19-13-5-2-1-3-6-13;1-2/h1-8,14,22H,9-12H2,(H,19,20);1-2H3. The molecular weight excluding hydrogens is 346 g/mol. The molecule has 26 heavy (non-hydrogen) atoms. The van der Waals surface area contributed by atoms with Crippen molar-refractivity contribution in [2.24, 2.45) is 0 Å². The number of hydrogen-bond donors (Lipinski definition) is 2. The van der Waals surface area contributed by atoms with Crippen molar-refractivity contribution in [3.8, 4) is 0 Å². The van der Waals surface area contributed by atoms with Gasteiger partial charge in [-0.2, -0.15) is 0 Å². The predicted octanol–water partition coefficient (Wildman–Crippen LogP) is 5.06. The first-order valence-corrected chi connectivity index (χ1v) is 9.88. The minimum Gasteiger partial charge on any atom is -0.393 e. The number of aromatic nitrogens is 1. The Kier molecular flexibility index (Phi) is 6.55. The summed E-state index contributed by atoms with van der Waals surface area (Å²) in [7, 11) is 0. The molecule has 5 nitrogen and oxygen atoms in total. The summed E-state index contributed by atoms with van der Waals surface area (Å²) in [5.41, 5.74) is 1.78. The van der Waals surface area contributed by atoms with Crippen molar-refractivity contribution in [1.29, 1.82) is 0 Å². The van der Waals surface area contributed by atoms with E-state index < -0.39 is 0 Å². The van der Waals surface area contributed by atoms with Gasteiger partial charge >= 0.3 is 0 Å². The SMILES string of the molecule is CC.OC1CCN(Sc2cccc3c(Nc4ccccc4)noc23)CC1. The van der Waals surface area contributed by atoms with E-state index in [1.54, 1.807) is 11.9 Å². The second-order valence-corrected chi connectivity index (χ2v) is 7.05. The van der Waals surface area contributed by atoms with Crippen molar-refractivity contribution in [2.45, 2.75) is 37.7 Å². The van der Waals surface area contributed by atoms with Crippen LogP contribution < -0.4 is 5.32 Å². The predicted molar refractivity (Wildman–Crippen MR) is 108 cm³/mol. The van der Waals surface area contributed by atoms with Gasteiger partial charge in [0.25, 0.3) is 0 Å². The fourth-order valence-corrected chi connectivity index (χ4v) is 3.87. The molecule has 6 heteroatoms. The van der Waals surface area contributed by atoms with Crippen LogP contribution in [0.25, 0.3) is 11.0 Å². The summed E-state index contributed by atoms with van der Waals surface area (Å²) in [5, 5.41) is 18.1. The van der Waals surface area contributed by atoms with E-state index in [0.717, 1.165) is 53.3 Å². The summed E-state index contributed by atoms with van der Waals surface area (Å²) in [6, 6.07) is 16.0. The second kappa shape index (κ2) is 9.07. The number of anilines is 2. The second-order valence-electron chi connectivity index (χ2n) is 5.91. The van der Waals surface area contributed by atoms with E-state index in [0.29, 0.717) is 0 Å². The van der Waals surface area contributed by atoms with Gasteiger partial charge in [-0.15, -0.1) is 0 Å².